The lowest BCUT2D eigenvalue weighted by Gasteiger charge is -2.42. The van der Waals surface area contributed by atoms with Gasteiger partial charge in [-0.1, -0.05) is 31.9 Å². The molecule has 2 atom stereocenters. The number of aliphatic hydroxyl groups is 1. The van der Waals surface area contributed by atoms with E-state index in [0.29, 0.717) is 6.42 Å². The number of benzene rings is 1. The molecule has 0 unspecified atom stereocenters. The molecule has 1 aliphatic heterocycles. The van der Waals surface area contributed by atoms with E-state index in [0.717, 1.165) is 24.8 Å². The van der Waals surface area contributed by atoms with Crippen molar-refractivity contribution in [2.24, 2.45) is 11.3 Å². The summed E-state index contributed by atoms with van der Waals surface area (Å²) >= 11 is 0. The fraction of sp³-hybridized carbons (Fsp3) is 0.611. The minimum absolute atomic E-state index is 0.138. The van der Waals surface area contributed by atoms with E-state index < -0.39 is 27.5 Å². The number of piperidine rings is 1. The Hall–Kier alpha value is -1.44. The summed E-state index contributed by atoms with van der Waals surface area (Å²) in [6.07, 6.45) is 2.19. The molecule has 138 valence electrons. The van der Waals surface area contributed by atoms with Crippen molar-refractivity contribution >= 4 is 16.0 Å². The number of aliphatic hydroxyl groups excluding tert-OH is 1. The summed E-state index contributed by atoms with van der Waals surface area (Å²) in [7, 11) is -3.77. The van der Waals surface area contributed by atoms with Crippen LogP contribution in [0.4, 0.5) is 0 Å². The van der Waals surface area contributed by atoms with Gasteiger partial charge in [-0.05, 0) is 42.9 Å². The number of carboxylic acid groups (broad SMARTS) is 1. The summed E-state index contributed by atoms with van der Waals surface area (Å²) in [6.45, 7) is 1.96. The van der Waals surface area contributed by atoms with Crippen LogP contribution in [-0.2, 0) is 21.2 Å². The molecule has 1 aliphatic carbocycles. The molecule has 7 heteroatoms. The molecule has 1 aromatic carbocycles. The van der Waals surface area contributed by atoms with Gasteiger partial charge >= 0.3 is 5.97 Å². The Morgan fingerprint density at radius 2 is 1.88 bits per heavy atom. The van der Waals surface area contributed by atoms with Crippen LogP contribution in [0.25, 0.3) is 0 Å². The van der Waals surface area contributed by atoms with Crippen LogP contribution in [0.3, 0.4) is 0 Å². The first kappa shape index (κ1) is 18.4. The van der Waals surface area contributed by atoms with Crippen molar-refractivity contribution < 1.29 is 23.4 Å². The highest BCUT2D eigenvalue weighted by Gasteiger charge is 2.53. The predicted molar refractivity (Wildman–Crippen MR) is 92.6 cm³/mol. The second kappa shape index (κ2) is 6.70. The van der Waals surface area contributed by atoms with Crippen molar-refractivity contribution in [3.63, 3.8) is 0 Å². The second-order valence-corrected chi connectivity index (χ2v) is 9.19. The highest BCUT2D eigenvalue weighted by molar-refractivity contribution is 7.89. The van der Waals surface area contributed by atoms with E-state index >= 15 is 0 Å². The van der Waals surface area contributed by atoms with Gasteiger partial charge in [0.2, 0.25) is 10.0 Å². The zero-order valence-corrected chi connectivity index (χ0v) is 15.2. The molecule has 0 aromatic heterocycles. The van der Waals surface area contributed by atoms with Gasteiger partial charge < -0.3 is 10.2 Å². The third kappa shape index (κ3) is 3.45. The molecule has 0 amide bonds. The number of aliphatic carboxylic acids is 1. The Kier molecular flexibility index (Phi) is 4.92. The third-order valence-corrected chi connectivity index (χ3v) is 7.35. The monoisotopic (exact) mass is 367 g/mol. The van der Waals surface area contributed by atoms with E-state index in [-0.39, 0.29) is 30.3 Å². The van der Waals surface area contributed by atoms with Crippen LogP contribution in [0.2, 0.25) is 0 Å². The topological polar surface area (TPSA) is 94.9 Å². The molecule has 1 aromatic rings. The molecule has 0 radical (unpaired) electrons. The normalized spacial score (nSPS) is 28.0. The van der Waals surface area contributed by atoms with Crippen molar-refractivity contribution in [1.82, 2.24) is 4.31 Å². The summed E-state index contributed by atoms with van der Waals surface area (Å²) in [5.74, 6) is -0.828. The van der Waals surface area contributed by atoms with Gasteiger partial charge in [-0.25, -0.2) is 8.42 Å². The summed E-state index contributed by atoms with van der Waals surface area (Å²) < 4.78 is 27.1. The third-order valence-electron chi connectivity index (χ3n) is 5.49. The average molecular weight is 367 g/mol. The Labute approximate surface area is 148 Å². The summed E-state index contributed by atoms with van der Waals surface area (Å²) in [5, 5.41) is 20.2. The molecule has 2 fully saturated rings. The summed E-state index contributed by atoms with van der Waals surface area (Å²) in [4.78, 5) is 12.1. The minimum Gasteiger partial charge on any atom is -0.481 e. The molecule has 6 nitrogen and oxygen atoms in total. The van der Waals surface area contributed by atoms with E-state index in [1.165, 1.54) is 4.31 Å². The Morgan fingerprint density at radius 1 is 1.24 bits per heavy atom. The van der Waals surface area contributed by atoms with Crippen LogP contribution in [0, 0.1) is 11.3 Å². The number of nitrogens with zero attached hydrogens (tertiary/aromatic N) is 1. The maximum atomic E-state index is 13.0. The fourth-order valence-electron chi connectivity index (χ4n) is 3.63. The number of sulfonamides is 1. The van der Waals surface area contributed by atoms with Crippen LogP contribution in [0.15, 0.2) is 29.2 Å². The van der Waals surface area contributed by atoms with Crippen molar-refractivity contribution in [2.75, 3.05) is 13.1 Å². The van der Waals surface area contributed by atoms with E-state index in [1.54, 1.807) is 24.3 Å². The summed E-state index contributed by atoms with van der Waals surface area (Å²) in [5.41, 5.74) is -0.364. The highest BCUT2D eigenvalue weighted by atomic mass is 32.2. The number of carboxylic acids is 1. The first-order valence-electron chi connectivity index (χ1n) is 8.80. The van der Waals surface area contributed by atoms with Crippen LogP contribution in [0.5, 0.6) is 0 Å². The molecule has 3 rings (SSSR count). The molecule has 1 saturated heterocycles. The second-order valence-electron chi connectivity index (χ2n) is 7.25. The zero-order chi connectivity index (χ0) is 18.2. The average Bonchev–Trinajstić information content (AvgIpc) is 3.40. The van der Waals surface area contributed by atoms with Gasteiger partial charge in [-0.2, -0.15) is 4.31 Å². The van der Waals surface area contributed by atoms with Crippen LogP contribution in [-0.4, -0.2) is 48.1 Å². The van der Waals surface area contributed by atoms with Gasteiger partial charge in [0.15, 0.2) is 0 Å². The summed E-state index contributed by atoms with van der Waals surface area (Å²) in [6, 6.07) is 6.70. The Balaban J connectivity index is 1.89. The molecule has 2 aliphatic rings. The largest absolute Gasteiger partial charge is 0.481 e. The lowest BCUT2D eigenvalue weighted by Crippen LogP contribution is -2.57. The molecular formula is C18H25NO5S. The van der Waals surface area contributed by atoms with Crippen molar-refractivity contribution in [2.45, 2.75) is 50.0 Å². The smallest absolute Gasteiger partial charge is 0.313 e. The van der Waals surface area contributed by atoms with E-state index in [1.807, 2.05) is 6.92 Å². The van der Waals surface area contributed by atoms with Crippen molar-refractivity contribution in [1.29, 1.82) is 0 Å². The number of carbonyl (C=O) groups is 1. The number of rotatable bonds is 6. The van der Waals surface area contributed by atoms with E-state index in [2.05, 4.69) is 0 Å². The van der Waals surface area contributed by atoms with Gasteiger partial charge in [0, 0.05) is 13.1 Å². The van der Waals surface area contributed by atoms with Gasteiger partial charge in [-0.3, -0.25) is 4.79 Å². The SMILES string of the molecule is CCc1ccc(S(=O)(=O)N2CC[C@H](O)[C@@](CC3CC3)(C(=O)O)C2)cc1. The van der Waals surface area contributed by atoms with Crippen LogP contribution in [0.1, 0.15) is 38.2 Å². The van der Waals surface area contributed by atoms with E-state index in [9.17, 15) is 23.4 Å². The maximum absolute atomic E-state index is 13.0. The highest BCUT2D eigenvalue weighted by Crippen LogP contribution is 2.45. The maximum Gasteiger partial charge on any atom is 0.313 e. The Morgan fingerprint density at radius 3 is 2.40 bits per heavy atom. The minimum atomic E-state index is -3.77. The first-order chi connectivity index (χ1) is 11.8. The van der Waals surface area contributed by atoms with Crippen LogP contribution >= 0.6 is 0 Å². The number of hydrogen-bond donors (Lipinski definition) is 2. The van der Waals surface area contributed by atoms with Gasteiger partial charge in [0.25, 0.3) is 0 Å². The quantitative estimate of drug-likeness (QED) is 0.800. The molecule has 0 spiro atoms. The van der Waals surface area contributed by atoms with Gasteiger partial charge in [0.1, 0.15) is 5.41 Å². The molecule has 25 heavy (non-hydrogen) atoms. The lowest BCUT2D eigenvalue weighted by molar-refractivity contribution is -0.162. The molecule has 2 N–H and O–H groups in total. The van der Waals surface area contributed by atoms with Crippen molar-refractivity contribution in [3.8, 4) is 0 Å². The van der Waals surface area contributed by atoms with Crippen LogP contribution < -0.4 is 0 Å². The molecule has 1 heterocycles. The first-order valence-corrected chi connectivity index (χ1v) is 10.2. The molecule has 0 bridgehead atoms. The zero-order valence-electron chi connectivity index (χ0n) is 14.4. The van der Waals surface area contributed by atoms with E-state index in [4.69, 9.17) is 0 Å². The molecular weight excluding hydrogens is 342 g/mol. The number of hydrogen-bond acceptors (Lipinski definition) is 4. The molecule has 1 saturated carbocycles. The predicted octanol–water partition coefficient (Wildman–Crippen LogP) is 1.88. The van der Waals surface area contributed by atoms with Gasteiger partial charge in [0.05, 0.1) is 11.0 Å². The van der Waals surface area contributed by atoms with Gasteiger partial charge in [-0.15, -0.1) is 0 Å². The fourth-order valence-corrected chi connectivity index (χ4v) is 5.15. The Bertz CT molecular complexity index is 741. The van der Waals surface area contributed by atoms with Crippen molar-refractivity contribution in [3.05, 3.63) is 29.8 Å². The lowest BCUT2D eigenvalue weighted by atomic mass is 9.74. The standard InChI is InChI=1S/C18H25NO5S/c1-2-13-5-7-15(8-6-13)25(23,24)19-10-9-16(20)18(12-19,17(21)22)11-14-3-4-14/h5-8,14,16,20H,2-4,9-12H2,1H3,(H,21,22)/t16-,18-/m0/s1. The number of aryl methyl sites for hydroxylation is 1.